The van der Waals surface area contributed by atoms with E-state index in [-0.39, 0.29) is 11.5 Å². The standard InChI is InChI=1S/C10H10N2O2/c13-9-3-1-2-8(10(9)14)6-12-5-4-11-7-12/h1-5,7,13-14H,6H2. The van der Waals surface area contributed by atoms with Crippen molar-refractivity contribution in [1.82, 2.24) is 9.55 Å². The largest absolute Gasteiger partial charge is 0.504 e. The van der Waals surface area contributed by atoms with E-state index < -0.39 is 0 Å². The Balaban J connectivity index is 2.29. The molecule has 0 radical (unpaired) electrons. The number of hydrogen-bond acceptors (Lipinski definition) is 3. The van der Waals surface area contributed by atoms with Gasteiger partial charge in [0.25, 0.3) is 0 Å². The molecular weight excluding hydrogens is 180 g/mol. The highest BCUT2D eigenvalue weighted by atomic mass is 16.3. The second-order valence-corrected chi connectivity index (χ2v) is 3.02. The van der Waals surface area contributed by atoms with Crippen molar-refractivity contribution in [1.29, 1.82) is 0 Å². The monoisotopic (exact) mass is 190 g/mol. The molecule has 0 saturated carbocycles. The number of phenols is 2. The molecule has 4 nitrogen and oxygen atoms in total. The van der Waals surface area contributed by atoms with Gasteiger partial charge >= 0.3 is 0 Å². The summed E-state index contributed by atoms with van der Waals surface area (Å²) in [5, 5.41) is 18.8. The van der Waals surface area contributed by atoms with Crippen molar-refractivity contribution in [3.05, 3.63) is 42.5 Å². The van der Waals surface area contributed by atoms with Crippen LogP contribution in [0.15, 0.2) is 36.9 Å². The number of hydrogen-bond donors (Lipinski definition) is 2. The summed E-state index contributed by atoms with van der Waals surface area (Å²) in [4.78, 5) is 3.89. The van der Waals surface area contributed by atoms with Gasteiger partial charge in [0, 0.05) is 18.0 Å². The Labute approximate surface area is 81.1 Å². The van der Waals surface area contributed by atoms with Crippen LogP contribution in [-0.4, -0.2) is 19.8 Å². The van der Waals surface area contributed by atoms with Crippen LogP contribution in [0, 0.1) is 0 Å². The first-order valence-electron chi connectivity index (χ1n) is 4.23. The molecule has 2 rings (SSSR count). The van der Waals surface area contributed by atoms with E-state index in [9.17, 15) is 10.2 Å². The Kier molecular flexibility index (Phi) is 2.10. The van der Waals surface area contributed by atoms with E-state index in [2.05, 4.69) is 4.98 Å². The van der Waals surface area contributed by atoms with Crippen molar-refractivity contribution in [3.63, 3.8) is 0 Å². The van der Waals surface area contributed by atoms with Crippen LogP contribution >= 0.6 is 0 Å². The van der Waals surface area contributed by atoms with Gasteiger partial charge in [-0.05, 0) is 6.07 Å². The molecule has 2 N–H and O–H groups in total. The number of aromatic hydroxyl groups is 2. The quantitative estimate of drug-likeness (QED) is 0.702. The normalized spacial score (nSPS) is 10.3. The molecule has 0 spiro atoms. The number of rotatable bonds is 2. The first-order chi connectivity index (χ1) is 6.77. The summed E-state index contributed by atoms with van der Waals surface area (Å²) < 4.78 is 1.81. The van der Waals surface area contributed by atoms with Crippen LogP contribution in [0.3, 0.4) is 0 Å². The molecule has 0 aliphatic rings. The summed E-state index contributed by atoms with van der Waals surface area (Å²) in [6.07, 6.45) is 5.12. The topological polar surface area (TPSA) is 58.3 Å². The van der Waals surface area contributed by atoms with E-state index >= 15 is 0 Å². The van der Waals surface area contributed by atoms with Gasteiger partial charge in [-0.3, -0.25) is 0 Å². The van der Waals surface area contributed by atoms with E-state index in [1.54, 1.807) is 30.9 Å². The van der Waals surface area contributed by atoms with Gasteiger partial charge in [-0.1, -0.05) is 12.1 Å². The van der Waals surface area contributed by atoms with E-state index in [0.29, 0.717) is 12.1 Å². The second-order valence-electron chi connectivity index (χ2n) is 3.02. The molecule has 1 aromatic carbocycles. The lowest BCUT2D eigenvalue weighted by Crippen LogP contribution is -1.96. The summed E-state index contributed by atoms with van der Waals surface area (Å²) in [6.45, 7) is 0.500. The van der Waals surface area contributed by atoms with E-state index in [0.717, 1.165) is 0 Å². The fourth-order valence-corrected chi connectivity index (χ4v) is 1.28. The van der Waals surface area contributed by atoms with Gasteiger partial charge in [0.05, 0.1) is 12.9 Å². The smallest absolute Gasteiger partial charge is 0.162 e. The van der Waals surface area contributed by atoms with Crippen molar-refractivity contribution in [2.45, 2.75) is 6.54 Å². The molecular formula is C10H10N2O2. The minimum absolute atomic E-state index is 0.0683. The number of imidazole rings is 1. The third-order valence-electron chi connectivity index (χ3n) is 2.01. The molecule has 0 aliphatic heterocycles. The Bertz CT molecular complexity index is 424. The van der Waals surface area contributed by atoms with Gasteiger partial charge in [-0.2, -0.15) is 0 Å². The first kappa shape index (κ1) is 8.62. The molecule has 4 heteroatoms. The van der Waals surface area contributed by atoms with Crippen LogP contribution < -0.4 is 0 Å². The van der Waals surface area contributed by atoms with Gasteiger partial charge in [0.1, 0.15) is 0 Å². The molecule has 0 unspecified atom stereocenters. The molecule has 0 aliphatic carbocycles. The van der Waals surface area contributed by atoms with Crippen LogP contribution in [0.4, 0.5) is 0 Å². The van der Waals surface area contributed by atoms with E-state index in [4.69, 9.17) is 0 Å². The fourth-order valence-electron chi connectivity index (χ4n) is 1.28. The molecule has 0 amide bonds. The summed E-state index contributed by atoms with van der Waals surface area (Å²) in [7, 11) is 0. The molecule has 14 heavy (non-hydrogen) atoms. The summed E-state index contributed by atoms with van der Waals surface area (Å²) in [5.41, 5.74) is 0.669. The summed E-state index contributed by atoms with van der Waals surface area (Å²) in [6, 6.07) is 4.91. The molecule has 72 valence electrons. The average molecular weight is 190 g/mol. The first-order valence-corrected chi connectivity index (χ1v) is 4.23. The summed E-state index contributed by atoms with van der Waals surface area (Å²) >= 11 is 0. The zero-order valence-corrected chi connectivity index (χ0v) is 7.46. The molecule has 0 atom stereocenters. The van der Waals surface area contributed by atoms with Crippen LogP contribution in [0.1, 0.15) is 5.56 Å². The Morgan fingerprint density at radius 2 is 2.14 bits per heavy atom. The number of nitrogens with zero attached hydrogens (tertiary/aromatic N) is 2. The molecule has 0 saturated heterocycles. The number of benzene rings is 1. The van der Waals surface area contributed by atoms with Crippen molar-refractivity contribution < 1.29 is 10.2 Å². The van der Waals surface area contributed by atoms with Crippen molar-refractivity contribution in [3.8, 4) is 11.5 Å². The minimum Gasteiger partial charge on any atom is -0.504 e. The van der Waals surface area contributed by atoms with Crippen LogP contribution in [0.5, 0.6) is 11.5 Å². The van der Waals surface area contributed by atoms with Gasteiger partial charge in [0.2, 0.25) is 0 Å². The number of aromatic nitrogens is 2. The van der Waals surface area contributed by atoms with Gasteiger partial charge in [0.15, 0.2) is 11.5 Å². The van der Waals surface area contributed by atoms with Crippen LogP contribution in [0.25, 0.3) is 0 Å². The van der Waals surface area contributed by atoms with E-state index in [1.165, 1.54) is 6.07 Å². The Morgan fingerprint density at radius 3 is 2.86 bits per heavy atom. The highest BCUT2D eigenvalue weighted by molar-refractivity contribution is 5.44. The molecule has 2 aromatic rings. The van der Waals surface area contributed by atoms with Crippen molar-refractivity contribution in [2.75, 3.05) is 0 Å². The molecule has 0 fully saturated rings. The maximum absolute atomic E-state index is 9.51. The third kappa shape index (κ3) is 1.54. The van der Waals surface area contributed by atoms with Gasteiger partial charge in [-0.15, -0.1) is 0 Å². The maximum atomic E-state index is 9.51. The van der Waals surface area contributed by atoms with Crippen molar-refractivity contribution >= 4 is 0 Å². The fraction of sp³-hybridized carbons (Fsp3) is 0.100. The molecule has 0 bridgehead atoms. The lowest BCUT2D eigenvalue weighted by atomic mass is 10.2. The predicted octanol–water partition coefficient (Wildman–Crippen LogP) is 1.34. The lowest BCUT2D eigenvalue weighted by Gasteiger charge is -2.06. The zero-order valence-electron chi connectivity index (χ0n) is 7.46. The Hall–Kier alpha value is -1.97. The molecule has 1 heterocycles. The number of para-hydroxylation sites is 1. The number of phenolic OH excluding ortho intramolecular Hbond substituents is 2. The molecule has 1 aromatic heterocycles. The highest BCUT2D eigenvalue weighted by Crippen LogP contribution is 2.28. The lowest BCUT2D eigenvalue weighted by molar-refractivity contribution is 0.398. The van der Waals surface area contributed by atoms with Gasteiger partial charge in [-0.25, -0.2) is 4.98 Å². The minimum atomic E-state index is -0.0948. The highest BCUT2D eigenvalue weighted by Gasteiger charge is 2.05. The van der Waals surface area contributed by atoms with Crippen LogP contribution in [-0.2, 0) is 6.54 Å². The maximum Gasteiger partial charge on any atom is 0.162 e. The van der Waals surface area contributed by atoms with E-state index in [1.807, 2.05) is 4.57 Å². The van der Waals surface area contributed by atoms with Gasteiger partial charge < -0.3 is 14.8 Å². The second kappa shape index (κ2) is 3.41. The van der Waals surface area contributed by atoms with Crippen molar-refractivity contribution in [2.24, 2.45) is 0 Å². The Morgan fingerprint density at radius 1 is 1.29 bits per heavy atom. The van der Waals surface area contributed by atoms with Crippen LogP contribution in [0.2, 0.25) is 0 Å². The zero-order chi connectivity index (χ0) is 9.97. The predicted molar refractivity (Wildman–Crippen MR) is 51.1 cm³/mol. The summed E-state index contributed by atoms with van der Waals surface area (Å²) in [5.74, 6) is -0.163. The third-order valence-corrected chi connectivity index (χ3v) is 2.01. The SMILES string of the molecule is Oc1cccc(Cn2ccnc2)c1O. The average Bonchev–Trinajstić information content (AvgIpc) is 2.66.